The predicted octanol–water partition coefficient (Wildman–Crippen LogP) is -1.39. The van der Waals surface area contributed by atoms with Gasteiger partial charge in [-0.15, -0.1) is 3.79 Å². The van der Waals surface area contributed by atoms with E-state index in [0.717, 1.165) is 9.99 Å². The van der Waals surface area contributed by atoms with Gasteiger partial charge >= 0.3 is 5.65 Å². The zero-order valence-corrected chi connectivity index (χ0v) is 9.62. The van der Waals surface area contributed by atoms with Crippen LogP contribution in [-0.2, 0) is 0 Å². The van der Waals surface area contributed by atoms with Gasteiger partial charge in [0.05, 0.1) is 0 Å². The molecule has 0 saturated heterocycles. The van der Waals surface area contributed by atoms with Gasteiger partial charge in [-0.25, -0.2) is 0 Å². The van der Waals surface area contributed by atoms with Gasteiger partial charge in [-0.1, -0.05) is 17.8 Å². The predicted molar refractivity (Wildman–Crippen MR) is 47.1 cm³/mol. The van der Waals surface area contributed by atoms with E-state index in [9.17, 15) is 0 Å². The summed E-state index contributed by atoms with van der Waals surface area (Å²) in [4.78, 5) is 4.38. The van der Waals surface area contributed by atoms with Crippen LogP contribution in [0.2, 0.25) is 0 Å². The summed E-state index contributed by atoms with van der Waals surface area (Å²) in [5.74, 6) is 0. The summed E-state index contributed by atoms with van der Waals surface area (Å²) in [7, 11) is 0. The Labute approximate surface area is 89.6 Å². The van der Waals surface area contributed by atoms with Crippen LogP contribution >= 0.6 is 23.3 Å². The lowest BCUT2D eigenvalue weighted by Crippen LogP contribution is -3.00. The molecule has 0 fully saturated rings. The molecule has 5 heteroatoms. The zero-order valence-electron chi connectivity index (χ0n) is 6.40. The van der Waals surface area contributed by atoms with E-state index in [2.05, 4.69) is 8.77 Å². The van der Waals surface area contributed by atoms with Gasteiger partial charge in [0.2, 0.25) is 0 Å². The minimum atomic E-state index is 0. The van der Waals surface area contributed by atoms with Gasteiger partial charge in [0.25, 0.3) is 4.34 Å². The van der Waals surface area contributed by atoms with Crippen LogP contribution in [0.1, 0.15) is 0 Å². The molecule has 12 heavy (non-hydrogen) atoms. The summed E-state index contributed by atoms with van der Waals surface area (Å²) in [6, 6.07) is 6.02. The van der Waals surface area contributed by atoms with Crippen molar-refractivity contribution in [1.82, 2.24) is 4.98 Å². The number of rotatable bonds is 1. The molecule has 0 unspecified atom stereocenters. The van der Waals surface area contributed by atoms with Crippen LogP contribution < -0.4 is 20.8 Å². The van der Waals surface area contributed by atoms with Crippen molar-refractivity contribution in [2.24, 2.45) is 0 Å². The molecule has 2 aromatic rings. The highest BCUT2D eigenvalue weighted by molar-refractivity contribution is 8.00. The second-order valence-electron chi connectivity index (χ2n) is 2.06. The Morgan fingerprint density at radius 3 is 3.00 bits per heavy atom. The number of fused-ring (bicyclic) bond motifs is 1. The van der Waals surface area contributed by atoms with Gasteiger partial charge in [-0.2, -0.15) is 0 Å². The summed E-state index contributed by atoms with van der Waals surface area (Å²) < 4.78 is 3.17. The van der Waals surface area contributed by atoms with E-state index < -0.39 is 0 Å². The normalized spacial score (nSPS) is 9.75. The Morgan fingerprint density at radius 2 is 2.33 bits per heavy atom. The first kappa shape index (κ1) is 9.95. The highest BCUT2D eigenvalue weighted by Crippen LogP contribution is 2.15. The molecule has 0 aliphatic rings. The number of nitrogens with zero attached hydrogens (tertiary/aromatic N) is 2. The summed E-state index contributed by atoms with van der Waals surface area (Å²) in [5.41, 5.74) is 1.03. The largest absolute Gasteiger partial charge is 1.00 e. The fourth-order valence-corrected chi connectivity index (χ4v) is 2.22. The fraction of sp³-hybridized carbons (Fsp3) is 0.143. The monoisotopic (exact) mass is 262 g/mol. The van der Waals surface area contributed by atoms with E-state index in [-0.39, 0.29) is 17.0 Å². The molecule has 0 amide bonds. The van der Waals surface area contributed by atoms with Crippen molar-refractivity contribution in [3.05, 3.63) is 24.4 Å². The van der Waals surface area contributed by atoms with Crippen LogP contribution in [0.5, 0.6) is 0 Å². The molecule has 0 bridgehead atoms. The molecule has 0 radical (unpaired) electrons. The molecule has 0 aromatic carbocycles. The van der Waals surface area contributed by atoms with Crippen LogP contribution in [0, 0.1) is 0 Å². The van der Waals surface area contributed by atoms with Crippen LogP contribution in [0.3, 0.4) is 0 Å². The van der Waals surface area contributed by atoms with Gasteiger partial charge in [-0.05, 0) is 17.3 Å². The van der Waals surface area contributed by atoms with E-state index in [1.807, 2.05) is 30.7 Å². The summed E-state index contributed by atoms with van der Waals surface area (Å²) in [6.45, 7) is 0. The number of pyridine rings is 1. The molecule has 2 aromatic heterocycles. The Hall–Kier alpha value is -0.130. The maximum atomic E-state index is 4.38. The summed E-state index contributed by atoms with van der Waals surface area (Å²) in [6.07, 6.45) is 4.06. The van der Waals surface area contributed by atoms with E-state index in [1.165, 1.54) is 0 Å². The highest BCUT2D eigenvalue weighted by Gasteiger charge is 2.10. The van der Waals surface area contributed by atoms with Crippen LogP contribution in [0.15, 0.2) is 28.7 Å². The number of thioether (sulfide) groups is 1. The smallest absolute Gasteiger partial charge is 0.341 e. The molecule has 2 nitrogen and oxygen atoms in total. The van der Waals surface area contributed by atoms with Crippen LogP contribution in [-0.4, -0.2) is 11.2 Å². The van der Waals surface area contributed by atoms with Gasteiger partial charge in [0.15, 0.2) is 0 Å². The highest BCUT2D eigenvalue weighted by atomic mass is 79.9. The molecular formula is C7H7BrN2S2. The maximum Gasteiger partial charge on any atom is 0.341 e. The lowest BCUT2D eigenvalue weighted by molar-refractivity contribution is -0.434. The van der Waals surface area contributed by atoms with Crippen molar-refractivity contribution in [3.63, 3.8) is 0 Å². The lowest BCUT2D eigenvalue weighted by atomic mass is 10.5. The number of hydrogen-bond acceptors (Lipinski definition) is 3. The average Bonchev–Trinajstić information content (AvgIpc) is 2.46. The van der Waals surface area contributed by atoms with E-state index in [1.54, 1.807) is 23.3 Å². The molecule has 2 rings (SSSR count). The van der Waals surface area contributed by atoms with Crippen molar-refractivity contribution in [2.45, 2.75) is 4.34 Å². The number of halogens is 1. The molecule has 0 atom stereocenters. The molecule has 64 valence electrons. The molecule has 0 saturated carbocycles. The molecule has 0 aliphatic carbocycles. The minimum Gasteiger partial charge on any atom is -1.00 e. The van der Waals surface area contributed by atoms with Crippen molar-refractivity contribution < 1.29 is 20.8 Å². The first-order valence-electron chi connectivity index (χ1n) is 3.22. The van der Waals surface area contributed by atoms with Crippen LogP contribution in [0.25, 0.3) is 5.65 Å². The zero-order chi connectivity index (χ0) is 7.68. The fourth-order valence-electron chi connectivity index (χ4n) is 0.864. The number of hydrogen-bond donors (Lipinski definition) is 0. The Morgan fingerprint density at radius 1 is 1.50 bits per heavy atom. The first-order chi connectivity index (χ1) is 5.40. The van der Waals surface area contributed by atoms with Gasteiger partial charge < -0.3 is 17.0 Å². The third-order valence-electron chi connectivity index (χ3n) is 1.36. The molecule has 0 aliphatic heterocycles. The second kappa shape index (κ2) is 4.20. The molecule has 2 heterocycles. The number of aromatic nitrogens is 2. The Balaban J connectivity index is 0.000000720. The van der Waals surface area contributed by atoms with Crippen molar-refractivity contribution >= 4 is 28.9 Å². The molecule has 0 spiro atoms. The van der Waals surface area contributed by atoms with Gasteiger partial charge in [0.1, 0.15) is 17.7 Å². The van der Waals surface area contributed by atoms with E-state index in [4.69, 9.17) is 0 Å². The van der Waals surface area contributed by atoms with Crippen LogP contribution in [0.4, 0.5) is 0 Å². The Bertz CT molecular complexity index is 341. The topological polar surface area (TPSA) is 17.0 Å². The van der Waals surface area contributed by atoms with Gasteiger partial charge in [0, 0.05) is 6.07 Å². The third-order valence-corrected chi connectivity index (χ3v) is 3.28. The summed E-state index contributed by atoms with van der Waals surface area (Å²) >= 11 is 3.35. The SMILES string of the molecule is CSc1nc2cccc[n+]2s1.[Br-]. The maximum absolute atomic E-state index is 4.38. The first-order valence-corrected chi connectivity index (χ1v) is 5.21. The standard InChI is InChI=1S/C7H7N2S2.BrH/c1-10-7-8-6-4-2-3-5-9(6)11-7;/h2-5H,1H3;1H/q+1;/p-1. The van der Waals surface area contributed by atoms with E-state index in [0.29, 0.717) is 0 Å². The molecular weight excluding hydrogens is 256 g/mol. The van der Waals surface area contributed by atoms with Crippen molar-refractivity contribution in [1.29, 1.82) is 0 Å². The van der Waals surface area contributed by atoms with Crippen molar-refractivity contribution in [3.8, 4) is 0 Å². The van der Waals surface area contributed by atoms with Gasteiger partial charge in [-0.3, -0.25) is 0 Å². The second-order valence-corrected chi connectivity index (χ2v) is 4.07. The quantitative estimate of drug-likeness (QED) is 0.465. The van der Waals surface area contributed by atoms with E-state index >= 15 is 0 Å². The lowest BCUT2D eigenvalue weighted by Gasteiger charge is -1.74. The minimum absolute atomic E-state index is 0. The van der Waals surface area contributed by atoms with Crippen molar-refractivity contribution in [2.75, 3.05) is 6.26 Å². The third kappa shape index (κ3) is 1.78. The molecule has 0 N–H and O–H groups in total. The average molecular weight is 263 g/mol. The Kier molecular flexibility index (Phi) is 3.49. The summed E-state index contributed by atoms with van der Waals surface area (Å²) in [5, 5.41) is 0.